The summed E-state index contributed by atoms with van der Waals surface area (Å²) in [6.07, 6.45) is 0.199. The number of rotatable bonds is 3. The molecule has 2 N–H and O–H groups in total. The molecule has 1 saturated heterocycles. The van der Waals surface area contributed by atoms with E-state index in [1.807, 2.05) is 20.8 Å². The van der Waals surface area contributed by atoms with Crippen molar-refractivity contribution >= 4 is 11.6 Å². The minimum atomic E-state index is -0.971. The van der Waals surface area contributed by atoms with Gasteiger partial charge in [0.15, 0.2) is 17.7 Å². The van der Waals surface area contributed by atoms with Crippen LogP contribution in [0.15, 0.2) is 18.2 Å². The van der Waals surface area contributed by atoms with Crippen molar-refractivity contribution in [1.29, 1.82) is 0 Å². The van der Waals surface area contributed by atoms with Gasteiger partial charge >= 0.3 is 0 Å². The van der Waals surface area contributed by atoms with E-state index in [-0.39, 0.29) is 29.8 Å². The number of carbonyl (C=O) groups excluding carboxylic acids is 1. The second-order valence-corrected chi connectivity index (χ2v) is 5.66. The number of amides is 1. The first-order valence-electron chi connectivity index (χ1n) is 7.12. The van der Waals surface area contributed by atoms with Crippen molar-refractivity contribution in [1.82, 2.24) is 0 Å². The standard InChI is InChI=1S/C15H20F2N2O2/c1-9-7-19(8-10(2)21-9)11(3)15(20)18-12-4-5-13(16)14(17)6-12/h4-6,9-11H,7-8H2,1-3H3,(H,18,20)/p+1/t9-,10-,11+/m1/s1. The van der Waals surface area contributed by atoms with E-state index >= 15 is 0 Å². The van der Waals surface area contributed by atoms with E-state index in [0.717, 1.165) is 30.1 Å². The van der Waals surface area contributed by atoms with E-state index in [0.29, 0.717) is 0 Å². The largest absolute Gasteiger partial charge is 0.364 e. The lowest BCUT2D eigenvalue weighted by molar-refractivity contribution is -0.928. The van der Waals surface area contributed by atoms with Crippen molar-refractivity contribution in [2.24, 2.45) is 0 Å². The molecule has 1 amide bonds. The van der Waals surface area contributed by atoms with Gasteiger partial charge in [0, 0.05) is 11.8 Å². The zero-order chi connectivity index (χ0) is 15.6. The third-order valence-corrected chi connectivity index (χ3v) is 3.76. The summed E-state index contributed by atoms with van der Waals surface area (Å²) in [5, 5.41) is 2.63. The molecule has 0 aliphatic carbocycles. The highest BCUT2D eigenvalue weighted by molar-refractivity contribution is 5.93. The van der Waals surface area contributed by atoms with Crippen LogP contribution in [0.5, 0.6) is 0 Å². The number of benzene rings is 1. The smallest absolute Gasteiger partial charge is 0.282 e. The van der Waals surface area contributed by atoms with Crippen molar-refractivity contribution in [2.75, 3.05) is 18.4 Å². The lowest BCUT2D eigenvalue weighted by Crippen LogP contribution is -3.19. The number of hydrogen-bond acceptors (Lipinski definition) is 2. The van der Waals surface area contributed by atoms with E-state index in [4.69, 9.17) is 4.74 Å². The fourth-order valence-corrected chi connectivity index (χ4v) is 2.68. The molecule has 1 aromatic carbocycles. The predicted molar refractivity (Wildman–Crippen MR) is 75.2 cm³/mol. The Labute approximate surface area is 123 Å². The number of morpholine rings is 1. The molecule has 2 rings (SSSR count). The SMILES string of the molecule is C[C@@H]1C[NH+]([C@@H](C)C(=O)Nc2ccc(F)c(F)c2)C[C@@H](C)O1. The van der Waals surface area contributed by atoms with Gasteiger partial charge in [0.05, 0.1) is 0 Å². The lowest BCUT2D eigenvalue weighted by atomic mass is 10.1. The van der Waals surface area contributed by atoms with Gasteiger partial charge in [0.25, 0.3) is 5.91 Å². The summed E-state index contributed by atoms with van der Waals surface area (Å²) in [5.74, 6) is -2.11. The van der Waals surface area contributed by atoms with Gasteiger partial charge < -0.3 is 15.0 Å². The number of hydrogen-bond donors (Lipinski definition) is 2. The molecule has 0 unspecified atom stereocenters. The summed E-state index contributed by atoms with van der Waals surface area (Å²) in [6.45, 7) is 7.29. The monoisotopic (exact) mass is 299 g/mol. The first-order chi connectivity index (χ1) is 9.86. The molecule has 1 aromatic rings. The Hall–Kier alpha value is -1.53. The molecule has 1 heterocycles. The Balaban J connectivity index is 2.00. The molecule has 0 saturated carbocycles. The quantitative estimate of drug-likeness (QED) is 0.874. The molecule has 3 atom stereocenters. The fraction of sp³-hybridized carbons (Fsp3) is 0.533. The normalized spacial score (nSPS) is 27.2. The fourth-order valence-electron chi connectivity index (χ4n) is 2.68. The maximum Gasteiger partial charge on any atom is 0.282 e. The lowest BCUT2D eigenvalue weighted by Gasteiger charge is -2.35. The summed E-state index contributed by atoms with van der Waals surface area (Å²) in [4.78, 5) is 13.4. The molecule has 1 aliphatic heterocycles. The summed E-state index contributed by atoms with van der Waals surface area (Å²) >= 11 is 0. The minimum absolute atomic E-state index is 0.0993. The molecule has 1 aliphatic rings. The van der Waals surface area contributed by atoms with E-state index in [1.54, 1.807) is 0 Å². The molecule has 0 radical (unpaired) electrons. The molecular formula is C15H21F2N2O2+. The van der Waals surface area contributed by atoms with Crippen molar-refractivity contribution < 1.29 is 23.2 Å². The van der Waals surface area contributed by atoms with Gasteiger partial charge in [-0.15, -0.1) is 0 Å². The molecular weight excluding hydrogens is 278 g/mol. The molecule has 0 aromatic heterocycles. The minimum Gasteiger partial charge on any atom is -0.364 e. The molecule has 116 valence electrons. The predicted octanol–water partition coefficient (Wildman–Crippen LogP) is 0.984. The van der Waals surface area contributed by atoms with Gasteiger partial charge in [-0.1, -0.05) is 0 Å². The van der Waals surface area contributed by atoms with Crippen LogP contribution in [0, 0.1) is 11.6 Å². The summed E-state index contributed by atoms with van der Waals surface area (Å²) in [7, 11) is 0. The van der Waals surface area contributed by atoms with Crippen LogP contribution in [-0.4, -0.2) is 37.2 Å². The number of ether oxygens (including phenoxy) is 1. The van der Waals surface area contributed by atoms with E-state index < -0.39 is 11.6 Å². The van der Waals surface area contributed by atoms with Crippen molar-refractivity contribution in [3.8, 4) is 0 Å². The van der Waals surface area contributed by atoms with Gasteiger partial charge in [-0.25, -0.2) is 8.78 Å². The number of nitrogens with one attached hydrogen (secondary N) is 2. The zero-order valence-corrected chi connectivity index (χ0v) is 12.5. The van der Waals surface area contributed by atoms with Crippen LogP contribution in [0.4, 0.5) is 14.5 Å². The van der Waals surface area contributed by atoms with Gasteiger partial charge in [-0.3, -0.25) is 4.79 Å². The van der Waals surface area contributed by atoms with Crippen LogP contribution in [0.1, 0.15) is 20.8 Å². The molecule has 0 spiro atoms. The summed E-state index contributed by atoms with van der Waals surface area (Å²) < 4.78 is 31.7. The summed E-state index contributed by atoms with van der Waals surface area (Å²) in [5.41, 5.74) is 0.263. The maximum absolute atomic E-state index is 13.1. The van der Waals surface area contributed by atoms with Gasteiger partial charge in [-0.2, -0.15) is 0 Å². The zero-order valence-electron chi connectivity index (χ0n) is 12.5. The van der Waals surface area contributed by atoms with Crippen molar-refractivity contribution in [2.45, 2.75) is 39.0 Å². The van der Waals surface area contributed by atoms with Crippen molar-refractivity contribution in [3.63, 3.8) is 0 Å². The van der Waals surface area contributed by atoms with Gasteiger partial charge in [-0.05, 0) is 32.9 Å². The van der Waals surface area contributed by atoms with Crippen LogP contribution in [0.3, 0.4) is 0 Å². The highest BCUT2D eigenvalue weighted by atomic mass is 19.2. The second kappa shape index (κ2) is 6.49. The Morgan fingerprint density at radius 1 is 1.29 bits per heavy atom. The topological polar surface area (TPSA) is 42.8 Å². The van der Waals surface area contributed by atoms with Crippen molar-refractivity contribution in [3.05, 3.63) is 29.8 Å². The molecule has 4 nitrogen and oxygen atoms in total. The first kappa shape index (κ1) is 15.9. The number of carbonyl (C=O) groups is 1. The molecule has 0 bridgehead atoms. The number of halogens is 2. The Bertz CT molecular complexity index is 514. The highest BCUT2D eigenvalue weighted by Gasteiger charge is 2.32. The Morgan fingerprint density at radius 2 is 1.90 bits per heavy atom. The molecule has 21 heavy (non-hydrogen) atoms. The Kier molecular flexibility index (Phi) is 4.90. The van der Waals surface area contributed by atoms with E-state index in [1.165, 1.54) is 6.07 Å². The third kappa shape index (κ3) is 3.98. The maximum atomic E-state index is 13.1. The van der Waals surface area contributed by atoms with E-state index in [9.17, 15) is 13.6 Å². The van der Waals surface area contributed by atoms with Crippen LogP contribution < -0.4 is 10.2 Å². The number of quaternary nitrogens is 1. The molecule has 1 fully saturated rings. The molecule has 6 heteroatoms. The van der Waals surface area contributed by atoms with Gasteiger partial charge in [0.2, 0.25) is 0 Å². The van der Waals surface area contributed by atoms with Crippen LogP contribution in [0.2, 0.25) is 0 Å². The average molecular weight is 299 g/mol. The first-order valence-corrected chi connectivity index (χ1v) is 7.12. The van der Waals surface area contributed by atoms with E-state index in [2.05, 4.69) is 5.32 Å². The average Bonchev–Trinajstić information content (AvgIpc) is 2.41. The third-order valence-electron chi connectivity index (χ3n) is 3.76. The summed E-state index contributed by atoms with van der Waals surface area (Å²) in [6, 6.07) is 3.05. The highest BCUT2D eigenvalue weighted by Crippen LogP contribution is 2.13. The second-order valence-electron chi connectivity index (χ2n) is 5.66. The van der Waals surface area contributed by atoms with Crippen LogP contribution in [-0.2, 0) is 9.53 Å². The van der Waals surface area contributed by atoms with Crippen LogP contribution in [0.25, 0.3) is 0 Å². The number of anilines is 1. The Morgan fingerprint density at radius 3 is 2.48 bits per heavy atom. The van der Waals surface area contributed by atoms with Gasteiger partial charge in [0.1, 0.15) is 25.3 Å². The van der Waals surface area contributed by atoms with Crippen LogP contribution >= 0.6 is 0 Å².